The zero-order valence-electron chi connectivity index (χ0n) is 27.7. The molecule has 4 atom stereocenters. The van der Waals surface area contributed by atoms with Gasteiger partial charge in [0.05, 0.1) is 30.2 Å². The normalized spacial score (nSPS) is 18.3. The maximum absolute atomic E-state index is 12.6. The number of para-hydroxylation sites is 2. The lowest BCUT2D eigenvalue weighted by atomic mass is 9.99. The Balaban J connectivity index is 1.16. The molecular weight excluding hydrogens is 604 g/mol. The molecule has 2 amide bonds. The van der Waals surface area contributed by atoms with Crippen LogP contribution in [0.15, 0.2) is 103 Å². The lowest BCUT2D eigenvalue weighted by Gasteiger charge is -2.39. The molecule has 9 nitrogen and oxygen atoms in total. The Morgan fingerprint density at radius 3 is 2.12 bits per heavy atom. The predicted octanol–water partition coefficient (Wildman–Crippen LogP) is 7.14. The van der Waals surface area contributed by atoms with Gasteiger partial charge in [-0.15, -0.1) is 0 Å². The highest BCUT2D eigenvalue weighted by Gasteiger charge is 2.33. The Bertz CT molecular complexity index is 1610. The van der Waals surface area contributed by atoms with Crippen LogP contribution in [0.3, 0.4) is 0 Å². The van der Waals surface area contributed by atoms with E-state index < -0.39 is 6.29 Å². The van der Waals surface area contributed by atoms with Gasteiger partial charge in [0, 0.05) is 43.1 Å². The molecule has 0 aromatic heterocycles. The molecular formula is C39H46N4O5. The second-order valence-corrected chi connectivity index (χ2v) is 12.4. The van der Waals surface area contributed by atoms with E-state index in [0.717, 1.165) is 23.2 Å². The number of nitrogens with zero attached hydrogens (tertiary/aromatic N) is 1. The molecule has 0 radical (unpaired) electrons. The molecule has 0 aliphatic carbocycles. The molecule has 1 aliphatic heterocycles. The van der Waals surface area contributed by atoms with Gasteiger partial charge in [-0.1, -0.05) is 78.9 Å². The monoisotopic (exact) mass is 650 g/mol. The molecule has 5 N–H and O–H groups in total. The topological polar surface area (TPSA) is 126 Å². The molecule has 0 bridgehead atoms. The van der Waals surface area contributed by atoms with Gasteiger partial charge in [0.2, 0.25) is 11.8 Å². The molecule has 1 saturated heterocycles. The molecule has 0 saturated carbocycles. The number of rotatable bonds is 14. The van der Waals surface area contributed by atoms with Crippen molar-refractivity contribution < 1.29 is 24.2 Å². The number of carbonyl (C=O) groups is 2. The zero-order chi connectivity index (χ0) is 33.9. The molecule has 48 heavy (non-hydrogen) atoms. The zero-order valence-corrected chi connectivity index (χ0v) is 27.7. The van der Waals surface area contributed by atoms with Crippen LogP contribution in [0.25, 0.3) is 0 Å². The number of hydrogen-bond acceptors (Lipinski definition) is 7. The van der Waals surface area contributed by atoms with Crippen LogP contribution in [-0.2, 0) is 25.7 Å². The van der Waals surface area contributed by atoms with Gasteiger partial charge < -0.3 is 30.9 Å². The van der Waals surface area contributed by atoms with Crippen LogP contribution in [0.5, 0.6) is 0 Å². The first-order valence-corrected chi connectivity index (χ1v) is 16.6. The van der Waals surface area contributed by atoms with Crippen molar-refractivity contribution in [1.29, 1.82) is 0 Å². The number of anilines is 3. The molecule has 0 unspecified atom stereocenters. The maximum Gasteiger partial charge on any atom is 0.224 e. The Labute approximate surface area is 283 Å². The number of carbonyl (C=O) groups excluding carboxylic acids is 2. The first kappa shape index (κ1) is 34.8. The summed E-state index contributed by atoms with van der Waals surface area (Å²) in [6.45, 7) is 2.91. The first-order valence-electron chi connectivity index (χ1n) is 16.6. The van der Waals surface area contributed by atoms with Crippen molar-refractivity contribution in [2.45, 2.75) is 70.2 Å². The van der Waals surface area contributed by atoms with Gasteiger partial charge in [-0.3, -0.25) is 14.5 Å². The van der Waals surface area contributed by atoms with Gasteiger partial charge in [0.15, 0.2) is 6.29 Å². The number of aliphatic hydroxyl groups is 1. The van der Waals surface area contributed by atoms with E-state index >= 15 is 0 Å². The summed E-state index contributed by atoms with van der Waals surface area (Å²) < 4.78 is 13.1. The van der Waals surface area contributed by atoms with Crippen molar-refractivity contribution >= 4 is 28.9 Å². The Hall–Kier alpha value is -4.54. The van der Waals surface area contributed by atoms with E-state index in [-0.39, 0.29) is 36.7 Å². The predicted molar refractivity (Wildman–Crippen MR) is 189 cm³/mol. The van der Waals surface area contributed by atoms with Gasteiger partial charge in [0.1, 0.15) is 0 Å². The van der Waals surface area contributed by atoms with Crippen molar-refractivity contribution in [2.24, 2.45) is 0 Å². The first-order chi connectivity index (χ1) is 23.3. The van der Waals surface area contributed by atoms with Crippen molar-refractivity contribution in [3.63, 3.8) is 0 Å². The third kappa shape index (κ3) is 9.74. The van der Waals surface area contributed by atoms with Crippen LogP contribution in [0.2, 0.25) is 0 Å². The molecule has 4 aromatic rings. The maximum atomic E-state index is 12.6. The van der Waals surface area contributed by atoms with E-state index in [1.54, 1.807) is 12.1 Å². The average molecular weight is 651 g/mol. The smallest absolute Gasteiger partial charge is 0.224 e. The lowest BCUT2D eigenvalue weighted by molar-refractivity contribution is -0.253. The number of ether oxygens (including phenoxy) is 2. The highest BCUT2D eigenvalue weighted by atomic mass is 16.7. The van der Waals surface area contributed by atoms with Gasteiger partial charge in [-0.05, 0) is 67.8 Å². The van der Waals surface area contributed by atoms with Crippen LogP contribution in [-0.4, -0.2) is 41.5 Å². The second kappa shape index (κ2) is 17.0. The average Bonchev–Trinajstić information content (AvgIpc) is 3.11. The number of aliphatic hydroxyl groups excluding tert-OH is 1. The van der Waals surface area contributed by atoms with Crippen molar-refractivity contribution in [3.05, 3.63) is 125 Å². The Kier molecular flexibility index (Phi) is 12.3. The fraction of sp³-hybridized carbons (Fsp3) is 0.333. The minimum absolute atomic E-state index is 0.00688. The number of likely N-dealkylation sites (N-methyl/N-ethyl adjacent to an activating group) is 1. The quantitative estimate of drug-likeness (QED) is 0.0845. The Morgan fingerprint density at radius 1 is 0.833 bits per heavy atom. The number of nitrogens with one attached hydrogen (secondary N) is 2. The summed E-state index contributed by atoms with van der Waals surface area (Å²) in [5, 5.41) is 15.3. The highest BCUT2D eigenvalue weighted by Crippen LogP contribution is 2.39. The number of hydrogen-bond donors (Lipinski definition) is 4. The molecule has 1 fully saturated rings. The molecule has 9 heteroatoms. The number of amides is 2. The summed E-state index contributed by atoms with van der Waals surface area (Å²) in [6, 6.07) is 33.2. The van der Waals surface area contributed by atoms with E-state index in [9.17, 15) is 14.7 Å². The van der Waals surface area contributed by atoms with E-state index in [1.807, 2.05) is 66.7 Å². The summed E-state index contributed by atoms with van der Waals surface area (Å²) in [7, 11) is 2.11. The third-order valence-electron chi connectivity index (χ3n) is 8.81. The molecule has 252 valence electrons. The lowest BCUT2D eigenvalue weighted by Crippen LogP contribution is -2.38. The van der Waals surface area contributed by atoms with E-state index in [2.05, 4.69) is 53.8 Å². The molecule has 1 aliphatic rings. The molecule has 4 aromatic carbocycles. The number of nitrogen functional groups attached to an aromatic ring is 1. The molecule has 1 heterocycles. The molecule has 5 rings (SSSR count). The van der Waals surface area contributed by atoms with Crippen LogP contribution in [0, 0.1) is 0 Å². The fourth-order valence-electron chi connectivity index (χ4n) is 5.84. The van der Waals surface area contributed by atoms with Gasteiger partial charge >= 0.3 is 0 Å². The van der Waals surface area contributed by atoms with Crippen LogP contribution >= 0.6 is 0 Å². The number of unbranched alkanes of at least 4 members (excludes halogenated alkanes) is 1. The SMILES string of the molecule is C[C@@H](c1ccccc1)N(C)C[C@H]1C[C@@H](c2ccc(CO)cc2)O[C@@H](c2ccc(NC(=O)CCCCC(=O)Nc3ccccc3N)cc2)O1. The number of benzene rings is 4. The van der Waals surface area contributed by atoms with Gasteiger partial charge in [0.25, 0.3) is 0 Å². The minimum atomic E-state index is -0.589. The Morgan fingerprint density at radius 2 is 1.46 bits per heavy atom. The second-order valence-electron chi connectivity index (χ2n) is 12.4. The van der Waals surface area contributed by atoms with E-state index in [1.165, 1.54) is 5.56 Å². The highest BCUT2D eigenvalue weighted by molar-refractivity contribution is 5.94. The van der Waals surface area contributed by atoms with Crippen LogP contribution < -0.4 is 16.4 Å². The summed E-state index contributed by atoms with van der Waals surface area (Å²) in [4.78, 5) is 27.2. The third-order valence-corrected chi connectivity index (χ3v) is 8.81. The van der Waals surface area contributed by atoms with Crippen molar-refractivity contribution in [1.82, 2.24) is 4.90 Å². The molecule has 0 spiro atoms. The van der Waals surface area contributed by atoms with E-state index in [0.29, 0.717) is 49.2 Å². The summed E-state index contributed by atoms with van der Waals surface area (Å²) in [6.07, 6.45) is 1.63. The van der Waals surface area contributed by atoms with Crippen LogP contribution in [0.1, 0.15) is 79.7 Å². The van der Waals surface area contributed by atoms with E-state index in [4.69, 9.17) is 15.2 Å². The summed E-state index contributed by atoms with van der Waals surface area (Å²) in [5.41, 5.74) is 11.7. The summed E-state index contributed by atoms with van der Waals surface area (Å²) >= 11 is 0. The van der Waals surface area contributed by atoms with Gasteiger partial charge in [-0.25, -0.2) is 0 Å². The largest absolute Gasteiger partial charge is 0.397 e. The minimum Gasteiger partial charge on any atom is -0.397 e. The van der Waals surface area contributed by atoms with Crippen molar-refractivity contribution in [3.8, 4) is 0 Å². The number of nitrogens with two attached hydrogens (primary N) is 1. The van der Waals surface area contributed by atoms with Crippen LogP contribution in [0.4, 0.5) is 17.1 Å². The van der Waals surface area contributed by atoms with Crippen molar-refractivity contribution in [2.75, 3.05) is 30.0 Å². The standard InChI is InChI=1S/C39H46N4O5/c1-27(29-10-4-3-5-11-29)43(2)25-33-24-36(30-18-16-28(26-44)17-19-30)48-39(47-33)31-20-22-32(23-21-31)41-37(45)14-8-9-15-38(46)42-35-13-7-6-12-34(35)40/h3-7,10-13,16-23,27,33,36,39,44H,8-9,14-15,24-26,40H2,1-2H3,(H,41,45)(H,42,46)/t27-,33+,36-,39-/m0/s1. The summed E-state index contributed by atoms with van der Waals surface area (Å²) in [5.74, 6) is -0.234. The van der Waals surface area contributed by atoms with Gasteiger partial charge in [-0.2, -0.15) is 0 Å². The fourth-order valence-corrected chi connectivity index (χ4v) is 5.84.